The molecular formula is C15H22BrNO3S. The van der Waals surface area contributed by atoms with Crippen LogP contribution in [0.1, 0.15) is 27.7 Å². The molecule has 0 bridgehead atoms. The number of rotatable bonds is 3. The van der Waals surface area contributed by atoms with E-state index in [0.29, 0.717) is 9.37 Å². The maximum atomic E-state index is 12.3. The highest BCUT2D eigenvalue weighted by atomic mass is 79.9. The average molecular weight is 376 g/mol. The number of nitrogens with zero attached hydrogens (tertiary/aromatic N) is 1. The van der Waals surface area contributed by atoms with Gasteiger partial charge in [-0.1, -0.05) is 0 Å². The summed E-state index contributed by atoms with van der Waals surface area (Å²) in [5.41, 5.74) is 1.02. The number of ether oxygens (including phenoxy) is 1. The van der Waals surface area contributed by atoms with Crippen molar-refractivity contribution in [2.24, 2.45) is 0 Å². The molecule has 0 aliphatic carbocycles. The molecule has 1 heterocycles. The fraction of sp³-hybridized carbons (Fsp3) is 0.600. The van der Waals surface area contributed by atoms with E-state index in [1.165, 1.54) is 0 Å². The first-order valence-corrected chi connectivity index (χ1v) is 9.49. The van der Waals surface area contributed by atoms with E-state index in [-0.39, 0.29) is 12.2 Å². The van der Waals surface area contributed by atoms with Crippen LogP contribution in [0.15, 0.2) is 27.6 Å². The van der Waals surface area contributed by atoms with E-state index >= 15 is 0 Å². The van der Waals surface area contributed by atoms with Gasteiger partial charge in [-0.15, -0.1) is 0 Å². The molecule has 1 saturated heterocycles. The van der Waals surface area contributed by atoms with Crippen LogP contribution in [0.2, 0.25) is 0 Å². The van der Waals surface area contributed by atoms with E-state index < -0.39 is 15.1 Å². The summed E-state index contributed by atoms with van der Waals surface area (Å²) in [6, 6.07) is 5.46. The van der Waals surface area contributed by atoms with Crippen LogP contribution in [0.4, 0.5) is 5.69 Å². The van der Waals surface area contributed by atoms with E-state index in [1.807, 2.05) is 12.1 Å². The molecule has 1 aliphatic heterocycles. The fourth-order valence-corrected chi connectivity index (χ4v) is 4.70. The van der Waals surface area contributed by atoms with Gasteiger partial charge in [-0.05, 0) is 61.8 Å². The van der Waals surface area contributed by atoms with Crippen molar-refractivity contribution in [1.29, 1.82) is 0 Å². The first-order chi connectivity index (χ1) is 9.71. The standard InChI is InChI=1S/C15H22BrNO3S/c1-10(2)21(18,19)15-6-5-13(7-14(15)16)17-8-11(3)20-12(4)9-17/h5-7,10-12H,8-9H2,1-4H3. The van der Waals surface area contributed by atoms with Crippen LogP contribution in [-0.2, 0) is 14.6 Å². The van der Waals surface area contributed by atoms with Gasteiger partial charge in [-0.2, -0.15) is 0 Å². The van der Waals surface area contributed by atoms with Gasteiger partial charge in [0.25, 0.3) is 0 Å². The normalized spacial score (nSPS) is 23.6. The van der Waals surface area contributed by atoms with Crippen LogP contribution < -0.4 is 4.90 Å². The largest absolute Gasteiger partial charge is 0.372 e. The number of hydrogen-bond acceptors (Lipinski definition) is 4. The average Bonchev–Trinajstić information content (AvgIpc) is 2.36. The summed E-state index contributed by atoms with van der Waals surface area (Å²) in [6.07, 6.45) is 0.346. The summed E-state index contributed by atoms with van der Waals surface area (Å²) in [7, 11) is -3.27. The minimum absolute atomic E-state index is 0.173. The second-order valence-electron chi connectivity index (χ2n) is 5.87. The van der Waals surface area contributed by atoms with Gasteiger partial charge in [0.05, 0.1) is 22.4 Å². The Morgan fingerprint density at radius 3 is 2.29 bits per heavy atom. The Labute approximate surface area is 135 Å². The lowest BCUT2D eigenvalue weighted by molar-refractivity contribution is -0.00522. The number of anilines is 1. The second kappa shape index (κ2) is 6.26. The predicted molar refractivity (Wildman–Crippen MR) is 88.7 cm³/mol. The molecule has 0 spiro atoms. The molecule has 2 atom stereocenters. The Balaban J connectivity index is 2.31. The molecule has 2 unspecified atom stereocenters. The fourth-order valence-electron chi connectivity index (χ4n) is 2.56. The molecule has 1 aromatic carbocycles. The zero-order valence-corrected chi connectivity index (χ0v) is 15.2. The van der Waals surface area contributed by atoms with Crippen molar-refractivity contribution in [2.45, 2.75) is 50.0 Å². The van der Waals surface area contributed by atoms with Crippen molar-refractivity contribution >= 4 is 31.5 Å². The van der Waals surface area contributed by atoms with E-state index in [2.05, 4.69) is 34.7 Å². The topological polar surface area (TPSA) is 46.6 Å². The summed E-state index contributed by atoms with van der Waals surface area (Å²) in [5.74, 6) is 0. The predicted octanol–water partition coefficient (Wildman–Crippen LogP) is 3.24. The van der Waals surface area contributed by atoms with E-state index in [9.17, 15) is 8.42 Å². The van der Waals surface area contributed by atoms with Crippen LogP contribution in [-0.4, -0.2) is 39.0 Å². The van der Waals surface area contributed by atoms with Gasteiger partial charge in [0.1, 0.15) is 0 Å². The van der Waals surface area contributed by atoms with Gasteiger partial charge in [0.2, 0.25) is 0 Å². The van der Waals surface area contributed by atoms with Crippen molar-refractivity contribution < 1.29 is 13.2 Å². The molecule has 1 fully saturated rings. The number of halogens is 1. The van der Waals surface area contributed by atoms with Gasteiger partial charge in [0.15, 0.2) is 9.84 Å². The van der Waals surface area contributed by atoms with Crippen LogP contribution >= 0.6 is 15.9 Å². The van der Waals surface area contributed by atoms with Crippen molar-refractivity contribution in [3.05, 3.63) is 22.7 Å². The van der Waals surface area contributed by atoms with E-state index in [0.717, 1.165) is 18.8 Å². The molecule has 1 aromatic rings. The van der Waals surface area contributed by atoms with Crippen LogP contribution in [0.5, 0.6) is 0 Å². The lowest BCUT2D eigenvalue weighted by atomic mass is 10.2. The minimum Gasteiger partial charge on any atom is -0.372 e. The van der Waals surface area contributed by atoms with Crippen LogP contribution in [0, 0.1) is 0 Å². The third-order valence-electron chi connectivity index (χ3n) is 3.63. The Kier molecular flexibility index (Phi) is 5.00. The third-order valence-corrected chi connectivity index (χ3v) is 6.76. The quantitative estimate of drug-likeness (QED) is 0.813. The van der Waals surface area contributed by atoms with Crippen molar-refractivity contribution in [2.75, 3.05) is 18.0 Å². The highest BCUT2D eigenvalue weighted by Gasteiger charge is 2.25. The molecule has 2 rings (SSSR count). The van der Waals surface area contributed by atoms with Crippen LogP contribution in [0.25, 0.3) is 0 Å². The maximum Gasteiger partial charge on any atom is 0.181 e. The number of sulfone groups is 1. The van der Waals surface area contributed by atoms with Crippen molar-refractivity contribution in [3.8, 4) is 0 Å². The molecule has 1 aliphatic rings. The molecule has 6 heteroatoms. The molecular weight excluding hydrogens is 354 g/mol. The molecule has 118 valence electrons. The van der Waals surface area contributed by atoms with Crippen LogP contribution in [0.3, 0.4) is 0 Å². The number of hydrogen-bond donors (Lipinski definition) is 0. The van der Waals surface area contributed by atoms with E-state index in [1.54, 1.807) is 19.9 Å². The molecule has 0 aromatic heterocycles. The van der Waals surface area contributed by atoms with Gasteiger partial charge < -0.3 is 9.64 Å². The third kappa shape index (κ3) is 3.60. The Morgan fingerprint density at radius 2 is 1.81 bits per heavy atom. The smallest absolute Gasteiger partial charge is 0.181 e. The summed E-state index contributed by atoms with van der Waals surface area (Å²) in [5, 5.41) is -0.428. The lowest BCUT2D eigenvalue weighted by Gasteiger charge is -2.37. The number of benzene rings is 1. The summed E-state index contributed by atoms with van der Waals surface area (Å²) < 4.78 is 30.9. The zero-order valence-electron chi connectivity index (χ0n) is 12.8. The lowest BCUT2D eigenvalue weighted by Crippen LogP contribution is -2.45. The molecule has 0 amide bonds. The maximum absolute atomic E-state index is 12.3. The first-order valence-electron chi connectivity index (χ1n) is 7.15. The second-order valence-corrected chi connectivity index (χ2v) is 9.20. The van der Waals surface area contributed by atoms with E-state index in [4.69, 9.17) is 4.74 Å². The summed E-state index contributed by atoms with van der Waals surface area (Å²) in [4.78, 5) is 2.59. The molecule has 21 heavy (non-hydrogen) atoms. The molecule has 0 radical (unpaired) electrons. The first kappa shape index (κ1) is 16.8. The minimum atomic E-state index is -3.27. The van der Waals surface area contributed by atoms with Crippen molar-refractivity contribution in [3.63, 3.8) is 0 Å². The van der Waals surface area contributed by atoms with Gasteiger partial charge in [0, 0.05) is 23.2 Å². The van der Waals surface area contributed by atoms with Gasteiger partial charge in [-0.3, -0.25) is 0 Å². The van der Waals surface area contributed by atoms with Crippen molar-refractivity contribution in [1.82, 2.24) is 0 Å². The number of morpholine rings is 1. The Morgan fingerprint density at radius 1 is 1.24 bits per heavy atom. The Bertz CT molecular complexity index is 605. The van der Waals surface area contributed by atoms with Gasteiger partial charge >= 0.3 is 0 Å². The highest BCUT2D eigenvalue weighted by Crippen LogP contribution is 2.31. The summed E-state index contributed by atoms with van der Waals surface area (Å²) >= 11 is 3.41. The summed E-state index contributed by atoms with van der Waals surface area (Å²) in [6.45, 7) is 9.12. The van der Waals surface area contributed by atoms with Gasteiger partial charge in [-0.25, -0.2) is 8.42 Å². The molecule has 0 N–H and O–H groups in total. The molecule has 4 nitrogen and oxygen atoms in total. The zero-order chi connectivity index (χ0) is 15.8. The SMILES string of the molecule is CC1CN(c2ccc(S(=O)(=O)C(C)C)c(Br)c2)CC(C)O1. The monoisotopic (exact) mass is 375 g/mol. The molecule has 0 saturated carbocycles. The highest BCUT2D eigenvalue weighted by molar-refractivity contribution is 9.10. The Hall–Kier alpha value is -0.590.